The van der Waals surface area contributed by atoms with Crippen LogP contribution < -0.4 is 10.6 Å². The molecule has 4 rings (SSSR count). The van der Waals surface area contributed by atoms with E-state index in [9.17, 15) is 13.2 Å². The first-order valence-corrected chi connectivity index (χ1v) is 11.2. The summed E-state index contributed by atoms with van der Waals surface area (Å²) in [5, 5.41) is 6.76. The number of amidine groups is 1. The number of thioether (sulfide) groups is 1. The fourth-order valence-corrected chi connectivity index (χ4v) is 6.78. The lowest BCUT2D eigenvalue weighted by molar-refractivity contribution is 0.0948. The molecule has 0 unspecified atom stereocenters. The number of hydrogen-bond donors (Lipinski definition) is 2. The molecule has 0 spiro atoms. The molecule has 2 aliphatic rings. The molecular weight excluding hydrogens is 386 g/mol. The van der Waals surface area contributed by atoms with Crippen molar-refractivity contribution in [2.24, 2.45) is 4.99 Å². The summed E-state index contributed by atoms with van der Waals surface area (Å²) in [6, 6.07) is 8.81. The molecule has 1 saturated heterocycles. The molecule has 2 atom stereocenters. The van der Waals surface area contributed by atoms with Crippen molar-refractivity contribution >= 4 is 38.4 Å². The highest BCUT2D eigenvalue weighted by Crippen LogP contribution is 2.35. The van der Waals surface area contributed by atoms with Crippen LogP contribution in [0.4, 0.5) is 5.69 Å². The number of hydrogen-bond acceptors (Lipinski definition) is 7. The van der Waals surface area contributed by atoms with Gasteiger partial charge in [-0.05, 0) is 36.8 Å². The van der Waals surface area contributed by atoms with Crippen molar-refractivity contribution in [3.8, 4) is 0 Å². The number of aryl methyl sites for hydroxylation is 1. The Labute approximate surface area is 161 Å². The number of amides is 1. The van der Waals surface area contributed by atoms with E-state index in [4.69, 9.17) is 4.42 Å². The average molecular weight is 406 g/mol. The molecule has 1 aromatic heterocycles. The van der Waals surface area contributed by atoms with E-state index < -0.39 is 9.84 Å². The first-order chi connectivity index (χ1) is 12.9. The minimum atomic E-state index is -2.97. The lowest BCUT2D eigenvalue weighted by Gasteiger charge is -2.12. The van der Waals surface area contributed by atoms with E-state index in [1.54, 1.807) is 30.5 Å². The van der Waals surface area contributed by atoms with E-state index in [-0.39, 0.29) is 28.7 Å². The number of benzene rings is 1. The van der Waals surface area contributed by atoms with Crippen LogP contribution in [0.3, 0.4) is 0 Å². The second-order valence-electron chi connectivity index (χ2n) is 6.65. The SMILES string of the molecule is Cc1ccc(C(=O)NCc2ccco2)cc1NC1=N[C@@H]2CS(=O)(=O)C[C@H]2S1. The molecule has 7 nitrogen and oxygen atoms in total. The Morgan fingerprint density at radius 3 is 2.93 bits per heavy atom. The van der Waals surface area contributed by atoms with Gasteiger partial charge in [-0.15, -0.1) is 0 Å². The van der Waals surface area contributed by atoms with Crippen molar-refractivity contribution in [3.05, 3.63) is 53.5 Å². The van der Waals surface area contributed by atoms with Gasteiger partial charge in [-0.25, -0.2) is 8.42 Å². The zero-order valence-corrected chi connectivity index (χ0v) is 16.3. The van der Waals surface area contributed by atoms with E-state index in [1.165, 1.54) is 11.8 Å². The molecule has 2 aromatic rings. The number of anilines is 1. The molecule has 3 heterocycles. The number of rotatable bonds is 4. The molecule has 1 aromatic carbocycles. The van der Waals surface area contributed by atoms with Crippen molar-refractivity contribution in [2.75, 3.05) is 16.8 Å². The molecule has 27 heavy (non-hydrogen) atoms. The molecule has 0 radical (unpaired) electrons. The normalized spacial score (nSPS) is 22.9. The molecule has 142 valence electrons. The Kier molecular flexibility index (Phi) is 4.73. The zero-order chi connectivity index (χ0) is 19.0. The van der Waals surface area contributed by atoms with Crippen LogP contribution in [0.25, 0.3) is 0 Å². The van der Waals surface area contributed by atoms with Crippen LogP contribution >= 0.6 is 11.8 Å². The highest BCUT2D eigenvalue weighted by Gasteiger charge is 2.42. The van der Waals surface area contributed by atoms with Crippen LogP contribution in [0.15, 0.2) is 46.0 Å². The lowest BCUT2D eigenvalue weighted by Crippen LogP contribution is -2.22. The zero-order valence-electron chi connectivity index (χ0n) is 14.6. The molecule has 0 aliphatic carbocycles. The third-order valence-corrected chi connectivity index (χ3v) is 7.70. The number of nitrogens with zero attached hydrogens (tertiary/aromatic N) is 1. The summed E-state index contributed by atoms with van der Waals surface area (Å²) >= 11 is 1.46. The smallest absolute Gasteiger partial charge is 0.251 e. The van der Waals surface area contributed by atoms with Gasteiger partial charge in [0.05, 0.1) is 30.4 Å². The van der Waals surface area contributed by atoms with Crippen molar-refractivity contribution in [1.29, 1.82) is 0 Å². The summed E-state index contributed by atoms with van der Waals surface area (Å²) in [5.41, 5.74) is 2.29. The predicted octanol–water partition coefficient (Wildman–Crippen LogP) is 2.20. The molecule has 9 heteroatoms. The van der Waals surface area contributed by atoms with Crippen LogP contribution in [0.5, 0.6) is 0 Å². The van der Waals surface area contributed by atoms with Gasteiger partial charge in [-0.3, -0.25) is 9.79 Å². The molecule has 2 N–H and O–H groups in total. The average Bonchev–Trinajstić information content (AvgIpc) is 3.29. The highest BCUT2D eigenvalue weighted by molar-refractivity contribution is 8.15. The van der Waals surface area contributed by atoms with Gasteiger partial charge in [-0.2, -0.15) is 0 Å². The van der Waals surface area contributed by atoms with Gasteiger partial charge in [0, 0.05) is 16.5 Å². The Morgan fingerprint density at radius 2 is 2.19 bits per heavy atom. The molecule has 1 fully saturated rings. The maximum atomic E-state index is 12.4. The number of furan rings is 1. The van der Waals surface area contributed by atoms with Crippen LogP contribution in [0, 0.1) is 6.92 Å². The number of carbonyl (C=O) groups excluding carboxylic acids is 1. The Balaban J connectivity index is 1.44. The molecule has 0 saturated carbocycles. The van der Waals surface area contributed by atoms with E-state index in [1.807, 2.05) is 13.0 Å². The van der Waals surface area contributed by atoms with E-state index in [0.717, 1.165) is 11.3 Å². The summed E-state index contributed by atoms with van der Waals surface area (Å²) in [7, 11) is -2.97. The second kappa shape index (κ2) is 7.05. The Bertz CT molecular complexity index is 1000. The van der Waals surface area contributed by atoms with Gasteiger partial charge < -0.3 is 15.1 Å². The third kappa shape index (κ3) is 4.03. The van der Waals surface area contributed by atoms with E-state index in [2.05, 4.69) is 15.6 Å². The quantitative estimate of drug-likeness (QED) is 0.809. The van der Waals surface area contributed by atoms with Crippen LogP contribution in [0.2, 0.25) is 0 Å². The number of aliphatic imine (C=N–C) groups is 1. The van der Waals surface area contributed by atoms with Gasteiger partial charge in [0.1, 0.15) is 5.76 Å². The number of carbonyl (C=O) groups is 1. The van der Waals surface area contributed by atoms with Gasteiger partial charge in [-0.1, -0.05) is 17.8 Å². The van der Waals surface area contributed by atoms with Crippen LogP contribution in [0.1, 0.15) is 21.7 Å². The summed E-state index contributed by atoms with van der Waals surface area (Å²) in [6.45, 7) is 2.27. The van der Waals surface area contributed by atoms with E-state index >= 15 is 0 Å². The van der Waals surface area contributed by atoms with Gasteiger partial charge in [0.15, 0.2) is 15.0 Å². The first kappa shape index (κ1) is 18.1. The van der Waals surface area contributed by atoms with Crippen molar-refractivity contribution in [3.63, 3.8) is 0 Å². The van der Waals surface area contributed by atoms with Gasteiger partial charge in [0.25, 0.3) is 5.91 Å². The van der Waals surface area contributed by atoms with Crippen molar-refractivity contribution < 1.29 is 17.6 Å². The monoisotopic (exact) mass is 405 g/mol. The predicted molar refractivity (Wildman–Crippen MR) is 106 cm³/mol. The summed E-state index contributed by atoms with van der Waals surface area (Å²) in [5.74, 6) is 0.778. The number of fused-ring (bicyclic) bond motifs is 1. The van der Waals surface area contributed by atoms with Crippen LogP contribution in [-0.4, -0.2) is 42.3 Å². The van der Waals surface area contributed by atoms with Crippen molar-refractivity contribution in [1.82, 2.24) is 5.32 Å². The molecular formula is C18H19N3O4S2. The lowest BCUT2D eigenvalue weighted by atomic mass is 10.1. The number of nitrogens with one attached hydrogen (secondary N) is 2. The molecule has 1 amide bonds. The first-order valence-electron chi connectivity index (χ1n) is 8.53. The fourth-order valence-electron chi connectivity index (χ4n) is 3.11. The maximum absolute atomic E-state index is 12.4. The van der Waals surface area contributed by atoms with Crippen molar-refractivity contribution in [2.45, 2.75) is 24.8 Å². The minimum Gasteiger partial charge on any atom is -0.467 e. The minimum absolute atomic E-state index is 0.0161. The van der Waals surface area contributed by atoms with E-state index in [0.29, 0.717) is 23.0 Å². The number of sulfone groups is 1. The highest BCUT2D eigenvalue weighted by atomic mass is 32.2. The second-order valence-corrected chi connectivity index (χ2v) is 10.0. The third-order valence-electron chi connectivity index (χ3n) is 4.56. The topological polar surface area (TPSA) is 101 Å². The summed E-state index contributed by atoms with van der Waals surface area (Å²) < 4.78 is 28.6. The summed E-state index contributed by atoms with van der Waals surface area (Å²) in [6.07, 6.45) is 1.57. The van der Waals surface area contributed by atoms with Gasteiger partial charge >= 0.3 is 0 Å². The summed E-state index contributed by atoms with van der Waals surface area (Å²) in [4.78, 5) is 16.9. The van der Waals surface area contributed by atoms with Crippen LogP contribution in [-0.2, 0) is 16.4 Å². The maximum Gasteiger partial charge on any atom is 0.251 e. The molecule has 2 aliphatic heterocycles. The van der Waals surface area contributed by atoms with Gasteiger partial charge in [0.2, 0.25) is 0 Å². The fraction of sp³-hybridized carbons (Fsp3) is 0.333. The standard InChI is InChI=1S/C18H19N3O4S2/c1-11-4-5-12(17(22)19-8-13-3-2-6-25-13)7-14(11)20-18-21-15-9-27(23,24)10-16(15)26-18/h2-7,15-16H,8-10H2,1H3,(H,19,22)(H,20,21)/t15-,16-/m1/s1. The largest absolute Gasteiger partial charge is 0.467 e. The molecule has 0 bridgehead atoms. The Morgan fingerprint density at radius 1 is 1.33 bits per heavy atom. The Hall–Kier alpha value is -2.26.